The van der Waals surface area contributed by atoms with Gasteiger partial charge in [0.15, 0.2) is 0 Å². The minimum Gasteiger partial charge on any atom is -0.462 e. The number of carbonyl (C=O) groups is 2. The first-order valence-electron chi connectivity index (χ1n) is 9.96. The summed E-state index contributed by atoms with van der Waals surface area (Å²) >= 11 is 0. The molecule has 0 spiro atoms. The first-order chi connectivity index (χ1) is 12.5. The van der Waals surface area contributed by atoms with Crippen molar-refractivity contribution in [1.29, 1.82) is 0 Å². The van der Waals surface area contributed by atoms with E-state index >= 15 is 0 Å². The molecular formula is C22H34O4. The number of unbranched alkanes of at least 4 members (excludes halogenated alkanes) is 1. The first-order valence-corrected chi connectivity index (χ1v) is 9.96. The van der Waals surface area contributed by atoms with Crippen molar-refractivity contribution in [2.75, 3.05) is 6.61 Å². The molecular weight excluding hydrogens is 328 g/mol. The Morgan fingerprint density at radius 1 is 0.923 bits per heavy atom. The van der Waals surface area contributed by atoms with Gasteiger partial charge in [-0.05, 0) is 49.8 Å². The van der Waals surface area contributed by atoms with Crippen LogP contribution in [0.5, 0.6) is 0 Å². The summed E-state index contributed by atoms with van der Waals surface area (Å²) in [6.45, 7) is 8.90. The van der Waals surface area contributed by atoms with E-state index in [-0.39, 0.29) is 18.0 Å². The van der Waals surface area contributed by atoms with E-state index in [9.17, 15) is 9.59 Å². The van der Waals surface area contributed by atoms with Gasteiger partial charge in [0.2, 0.25) is 0 Å². The Labute approximate surface area is 158 Å². The van der Waals surface area contributed by atoms with E-state index in [1.807, 2.05) is 0 Å². The van der Waals surface area contributed by atoms with Crippen molar-refractivity contribution in [2.45, 2.75) is 78.7 Å². The smallest absolute Gasteiger partial charge is 0.338 e. The zero-order chi connectivity index (χ0) is 19.4. The molecule has 0 N–H and O–H groups in total. The van der Waals surface area contributed by atoms with Crippen LogP contribution in [0.3, 0.4) is 0 Å². The molecule has 1 rings (SSSR count). The second-order valence-electron chi connectivity index (χ2n) is 7.21. The Balaban J connectivity index is 2.63. The van der Waals surface area contributed by atoms with Gasteiger partial charge in [0.1, 0.15) is 6.10 Å². The highest BCUT2D eigenvalue weighted by atomic mass is 16.5. The lowest BCUT2D eigenvalue weighted by atomic mass is 10.1. The summed E-state index contributed by atoms with van der Waals surface area (Å²) in [6.07, 6.45) is 6.66. The lowest BCUT2D eigenvalue weighted by molar-refractivity contribution is 0.0255. The minimum atomic E-state index is -0.389. The van der Waals surface area contributed by atoms with Crippen molar-refractivity contribution in [2.24, 2.45) is 5.92 Å². The average Bonchev–Trinajstić information content (AvgIpc) is 2.63. The average molecular weight is 363 g/mol. The number of hydrogen-bond acceptors (Lipinski definition) is 4. The molecule has 0 aliphatic heterocycles. The fraction of sp³-hybridized carbons (Fsp3) is 0.636. The molecule has 0 amide bonds. The predicted molar refractivity (Wildman–Crippen MR) is 104 cm³/mol. The summed E-state index contributed by atoms with van der Waals surface area (Å²) in [5.74, 6) is -0.163. The van der Waals surface area contributed by atoms with Gasteiger partial charge < -0.3 is 9.47 Å². The Morgan fingerprint density at radius 2 is 1.62 bits per heavy atom. The third-order valence-electron chi connectivity index (χ3n) is 4.26. The fourth-order valence-electron chi connectivity index (χ4n) is 2.75. The van der Waals surface area contributed by atoms with Gasteiger partial charge in [-0.15, -0.1) is 0 Å². The van der Waals surface area contributed by atoms with Crippen LogP contribution in [0.15, 0.2) is 24.3 Å². The van der Waals surface area contributed by atoms with Gasteiger partial charge in [0.25, 0.3) is 0 Å². The van der Waals surface area contributed by atoms with Gasteiger partial charge in [-0.1, -0.05) is 53.0 Å². The second kappa shape index (κ2) is 12.5. The van der Waals surface area contributed by atoms with E-state index in [1.165, 1.54) is 0 Å². The van der Waals surface area contributed by atoms with E-state index in [0.29, 0.717) is 23.7 Å². The molecule has 0 aliphatic carbocycles. The van der Waals surface area contributed by atoms with Gasteiger partial charge >= 0.3 is 11.9 Å². The van der Waals surface area contributed by atoms with E-state index < -0.39 is 0 Å². The lowest BCUT2D eigenvalue weighted by Crippen LogP contribution is -2.18. The van der Waals surface area contributed by atoms with Gasteiger partial charge in [-0.2, -0.15) is 0 Å². The van der Waals surface area contributed by atoms with E-state index in [4.69, 9.17) is 9.47 Å². The van der Waals surface area contributed by atoms with Gasteiger partial charge in [0.05, 0.1) is 17.7 Å². The highest BCUT2D eigenvalue weighted by Crippen LogP contribution is 2.15. The molecule has 26 heavy (non-hydrogen) atoms. The van der Waals surface area contributed by atoms with Crippen molar-refractivity contribution in [1.82, 2.24) is 0 Å². The fourth-order valence-corrected chi connectivity index (χ4v) is 2.75. The number of ether oxygens (including phenoxy) is 2. The lowest BCUT2D eigenvalue weighted by Gasteiger charge is -2.17. The molecule has 1 atom stereocenters. The van der Waals surface area contributed by atoms with Crippen molar-refractivity contribution >= 4 is 11.9 Å². The summed E-state index contributed by atoms with van der Waals surface area (Å²) < 4.78 is 10.9. The molecule has 0 heterocycles. The molecule has 1 unspecified atom stereocenters. The predicted octanol–water partition coefficient (Wildman–Crippen LogP) is 5.80. The molecule has 0 saturated heterocycles. The van der Waals surface area contributed by atoms with Crippen LogP contribution in [0.25, 0.3) is 0 Å². The molecule has 4 nitrogen and oxygen atoms in total. The Kier molecular flexibility index (Phi) is 10.7. The van der Waals surface area contributed by atoms with Crippen LogP contribution in [0, 0.1) is 5.92 Å². The molecule has 0 radical (unpaired) electrons. The monoisotopic (exact) mass is 362 g/mol. The minimum absolute atomic E-state index is 0.0564. The van der Waals surface area contributed by atoms with Crippen LogP contribution >= 0.6 is 0 Å². The van der Waals surface area contributed by atoms with Crippen LogP contribution < -0.4 is 0 Å². The molecule has 0 aromatic heterocycles. The zero-order valence-electron chi connectivity index (χ0n) is 16.8. The molecule has 1 aromatic rings. The van der Waals surface area contributed by atoms with Crippen LogP contribution in [-0.4, -0.2) is 24.6 Å². The summed E-state index contributed by atoms with van der Waals surface area (Å²) in [4.78, 5) is 24.6. The van der Waals surface area contributed by atoms with Crippen molar-refractivity contribution in [3.05, 3.63) is 35.4 Å². The van der Waals surface area contributed by atoms with Crippen LogP contribution in [0.2, 0.25) is 0 Å². The van der Waals surface area contributed by atoms with Crippen molar-refractivity contribution in [3.63, 3.8) is 0 Å². The molecule has 0 bridgehead atoms. The maximum atomic E-state index is 12.4. The summed E-state index contributed by atoms with van der Waals surface area (Å²) in [5, 5.41) is 0. The number of rotatable bonds is 12. The SMILES string of the molecule is CCCCC(CCC)OC(=O)c1cccc(C(=O)OCCCC(C)C)c1. The quantitative estimate of drug-likeness (QED) is 0.348. The third kappa shape index (κ3) is 8.50. The zero-order valence-corrected chi connectivity index (χ0v) is 16.8. The summed E-state index contributed by atoms with van der Waals surface area (Å²) in [6, 6.07) is 6.61. The topological polar surface area (TPSA) is 52.6 Å². The van der Waals surface area contributed by atoms with Gasteiger partial charge in [-0.25, -0.2) is 9.59 Å². The Morgan fingerprint density at radius 3 is 2.23 bits per heavy atom. The van der Waals surface area contributed by atoms with Gasteiger partial charge in [-0.3, -0.25) is 0 Å². The second-order valence-corrected chi connectivity index (χ2v) is 7.21. The number of esters is 2. The normalized spacial score (nSPS) is 12.0. The van der Waals surface area contributed by atoms with E-state index in [1.54, 1.807) is 24.3 Å². The summed E-state index contributed by atoms with van der Waals surface area (Å²) in [5.41, 5.74) is 0.795. The van der Waals surface area contributed by atoms with E-state index in [2.05, 4.69) is 27.7 Å². The third-order valence-corrected chi connectivity index (χ3v) is 4.26. The number of hydrogen-bond donors (Lipinski definition) is 0. The molecule has 146 valence electrons. The van der Waals surface area contributed by atoms with Gasteiger partial charge in [0, 0.05) is 0 Å². The molecule has 4 heteroatoms. The van der Waals surface area contributed by atoms with Crippen LogP contribution in [0.1, 0.15) is 93.4 Å². The maximum Gasteiger partial charge on any atom is 0.338 e. The van der Waals surface area contributed by atoms with Crippen LogP contribution in [-0.2, 0) is 9.47 Å². The number of benzene rings is 1. The highest BCUT2D eigenvalue weighted by molar-refractivity contribution is 5.95. The molecule has 0 aliphatic rings. The Bertz CT molecular complexity index is 551. The highest BCUT2D eigenvalue weighted by Gasteiger charge is 2.17. The molecule has 0 fully saturated rings. The summed E-state index contributed by atoms with van der Waals surface area (Å²) in [7, 11) is 0. The van der Waals surface area contributed by atoms with E-state index in [0.717, 1.165) is 44.9 Å². The number of carbonyl (C=O) groups excluding carboxylic acids is 2. The Hall–Kier alpha value is -1.84. The largest absolute Gasteiger partial charge is 0.462 e. The van der Waals surface area contributed by atoms with Crippen molar-refractivity contribution in [3.8, 4) is 0 Å². The maximum absolute atomic E-state index is 12.4. The van der Waals surface area contributed by atoms with Crippen LogP contribution in [0.4, 0.5) is 0 Å². The first kappa shape index (κ1) is 22.2. The molecule has 1 aromatic carbocycles. The standard InChI is InChI=1S/C22H34O4/c1-5-7-14-20(10-6-2)26-22(24)19-13-8-12-18(16-19)21(23)25-15-9-11-17(3)4/h8,12-13,16-17,20H,5-7,9-11,14-15H2,1-4H3. The van der Waals surface area contributed by atoms with Crippen molar-refractivity contribution < 1.29 is 19.1 Å². The molecule has 0 saturated carbocycles.